The summed E-state index contributed by atoms with van der Waals surface area (Å²) in [5.74, 6) is 0.635. The lowest BCUT2D eigenvalue weighted by Gasteiger charge is -2.23. The number of urea groups is 1. The zero-order valence-electron chi connectivity index (χ0n) is 17.7. The van der Waals surface area contributed by atoms with Crippen molar-refractivity contribution in [1.29, 1.82) is 0 Å². The Labute approximate surface area is 183 Å². The highest BCUT2D eigenvalue weighted by Crippen LogP contribution is 2.22. The number of unbranched alkanes of at least 4 members (excludes halogenated alkanes) is 2. The number of carbonyl (C=O) groups excluding carboxylic acids is 1. The average Bonchev–Trinajstić information content (AvgIpc) is 2.74. The van der Waals surface area contributed by atoms with Crippen molar-refractivity contribution in [3.8, 4) is 5.75 Å². The van der Waals surface area contributed by atoms with E-state index in [1.165, 1.54) is 4.90 Å². The molecule has 1 aromatic heterocycles. The number of fused-ring (bicyclic) bond motifs is 1. The van der Waals surface area contributed by atoms with Crippen molar-refractivity contribution in [2.24, 2.45) is 0 Å². The molecule has 1 N–H and O–H groups in total. The molecule has 2 amide bonds. The lowest BCUT2D eigenvalue weighted by molar-refractivity contribution is 0.251. The van der Waals surface area contributed by atoms with Crippen molar-refractivity contribution in [3.63, 3.8) is 0 Å². The summed E-state index contributed by atoms with van der Waals surface area (Å²) in [6.07, 6.45) is 3.69. The van der Waals surface area contributed by atoms with Crippen LogP contribution in [0.15, 0.2) is 60.7 Å². The van der Waals surface area contributed by atoms with E-state index in [0.29, 0.717) is 24.6 Å². The van der Waals surface area contributed by atoms with Crippen molar-refractivity contribution >= 4 is 32.6 Å². The van der Waals surface area contributed by atoms with Gasteiger partial charge in [-0.25, -0.2) is 22.9 Å². The van der Waals surface area contributed by atoms with Gasteiger partial charge in [-0.15, -0.1) is 0 Å². The molecule has 0 aliphatic carbocycles. The minimum atomic E-state index is -3.64. The van der Waals surface area contributed by atoms with Crippen molar-refractivity contribution in [3.05, 3.63) is 66.4 Å². The fourth-order valence-electron chi connectivity index (χ4n) is 3.15. The zero-order valence-corrected chi connectivity index (χ0v) is 18.6. The first-order valence-corrected chi connectivity index (χ1v) is 12.1. The maximum absolute atomic E-state index is 12.5. The number of benzene rings is 2. The number of hydrogen-bond acceptors (Lipinski definition) is 5. The largest absolute Gasteiger partial charge is 0.487 e. The van der Waals surface area contributed by atoms with Crippen LogP contribution in [0.25, 0.3) is 10.9 Å². The highest BCUT2D eigenvalue weighted by molar-refractivity contribution is 7.89. The predicted octanol–water partition coefficient (Wildman–Crippen LogP) is 4.48. The lowest BCUT2D eigenvalue weighted by atomic mass is 10.2. The first kappa shape index (κ1) is 22.6. The summed E-state index contributed by atoms with van der Waals surface area (Å²) in [6, 6.07) is 18.2. The van der Waals surface area contributed by atoms with E-state index in [9.17, 15) is 13.2 Å². The number of para-hydroxylation sites is 1. The van der Waals surface area contributed by atoms with Gasteiger partial charge in [-0.1, -0.05) is 44.0 Å². The van der Waals surface area contributed by atoms with Gasteiger partial charge in [-0.3, -0.25) is 4.90 Å². The Hall–Kier alpha value is -3.13. The number of rotatable bonds is 9. The monoisotopic (exact) mass is 441 g/mol. The number of nitrogens with one attached hydrogen (secondary N) is 1. The van der Waals surface area contributed by atoms with Gasteiger partial charge in [0.2, 0.25) is 10.0 Å². The third-order valence-electron chi connectivity index (χ3n) is 4.69. The van der Waals surface area contributed by atoms with Crippen LogP contribution in [0.4, 0.5) is 10.5 Å². The number of aromatic nitrogens is 1. The molecule has 8 heteroatoms. The molecule has 3 aromatic rings. The fraction of sp³-hybridized carbons (Fsp3) is 0.304. The van der Waals surface area contributed by atoms with Crippen LogP contribution < -0.4 is 14.4 Å². The van der Waals surface area contributed by atoms with Crippen molar-refractivity contribution < 1.29 is 17.9 Å². The maximum Gasteiger partial charge on any atom is 0.335 e. The molecule has 0 saturated heterocycles. The summed E-state index contributed by atoms with van der Waals surface area (Å²) in [5.41, 5.74) is 2.34. The Balaban J connectivity index is 1.68. The van der Waals surface area contributed by atoms with Crippen molar-refractivity contribution in [1.82, 2.24) is 9.71 Å². The Morgan fingerprint density at radius 1 is 1.03 bits per heavy atom. The molecule has 0 aliphatic heterocycles. The van der Waals surface area contributed by atoms with E-state index in [0.717, 1.165) is 42.1 Å². The number of nitrogens with zero attached hydrogens (tertiary/aromatic N) is 2. The van der Waals surface area contributed by atoms with Crippen LogP contribution in [0.5, 0.6) is 5.75 Å². The van der Waals surface area contributed by atoms with Crippen LogP contribution >= 0.6 is 0 Å². The molecule has 0 spiro atoms. The van der Waals surface area contributed by atoms with E-state index in [4.69, 9.17) is 4.74 Å². The van der Waals surface area contributed by atoms with E-state index in [2.05, 4.69) is 11.9 Å². The van der Waals surface area contributed by atoms with Gasteiger partial charge in [0.15, 0.2) is 0 Å². The number of amides is 2. The maximum atomic E-state index is 12.5. The second-order valence-corrected chi connectivity index (χ2v) is 9.06. The molecule has 2 aromatic carbocycles. The summed E-state index contributed by atoms with van der Waals surface area (Å²) in [7, 11) is -3.64. The molecule has 7 nitrogen and oxygen atoms in total. The SMILES string of the molecule is CCCCCN(C(=O)NS(C)(=O)=O)c1ccc(OCc2ccc3ccccc3n2)cc1. The van der Waals surface area contributed by atoms with Crippen LogP contribution in [-0.2, 0) is 16.6 Å². The van der Waals surface area contributed by atoms with Crippen LogP contribution in [0.3, 0.4) is 0 Å². The molecule has 0 bridgehead atoms. The van der Waals surface area contributed by atoms with Crippen LogP contribution in [0, 0.1) is 0 Å². The van der Waals surface area contributed by atoms with E-state index in [1.54, 1.807) is 24.3 Å². The van der Waals surface area contributed by atoms with E-state index in [-0.39, 0.29) is 0 Å². The van der Waals surface area contributed by atoms with Crippen LogP contribution in [-0.4, -0.2) is 32.2 Å². The third kappa shape index (κ3) is 6.68. The standard InChI is InChI=1S/C23H27N3O4S/c1-3-4-7-16-26(23(27)25-31(2,28)29)20-12-14-21(15-13-20)30-17-19-11-10-18-8-5-6-9-22(18)24-19/h5-6,8-15H,3-4,7,16-17H2,1-2H3,(H,25,27). The number of hydrogen-bond donors (Lipinski definition) is 1. The Morgan fingerprint density at radius 3 is 2.48 bits per heavy atom. The van der Waals surface area contributed by atoms with Gasteiger partial charge < -0.3 is 4.74 Å². The van der Waals surface area contributed by atoms with Gasteiger partial charge in [-0.2, -0.15) is 0 Å². The minimum absolute atomic E-state index is 0.318. The second kappa shape index (κ2) is 10.3. The summed E-state index contributed by atoms with van der Waals surface area (Å²) < 4.78 is 30.8. The summed E-state index contributed by atoms with van der Waals surface area (Å²) >= 11 is 0. The molecule has 1 heterocycles. The Morgan fingerprint density at radius 2 is 1.77 bits per heavy atom. The fourth-order valence-corrected chi connectivity index (χ4v) is 3.58. The molecule has 3 rings (SSSR count). The predicted molar refractivity (Wildman–Crippen MR) is 123 cm³/mol. The molecule has 31 heavy (non-hydrogen) atoms. The van der Waals surface area contributed by atoms with E-state index >= 15 is 0 Å². The van der Waals surface area contributed by atoms with Gasteiger partial charge in [0.25, 0.3) is 0 Å². The Bertz CT molecular complexity index is 1130. The molecule has 0 aliphatic rings. The Kier molecular flexibility index (Phi) is 7.46. The molecular weight excluding hydrogens is 414 g/mol. The molecule has 164 valence electrons. The second-order valence-electron chi connectivity index (χ2n) is 7.32. The molecular formula is C23H27N3O4S. The van der Waals surface area contributed by atoms with Gasteiger partial charge in [0, 0.05) is 17.6 Å². The van der Waals surface area contributed by atoms with Gasteiger partial charge in [0.05, 0.1) is 17.5 Å². The summed E-state index contributed by atoms with van der Waals surface area (Å²) in [4.78, 5) is 18.5. The topological polar surface area (TPSA) is 88.6 Å². The van der Waals surface area contributed by atoms with Crippen LogP contribution in [0.2, 0.25) is 0 Å². The first-order chi connectivity index (χ1) is 14.9. The first-order valence-electron chi connectivity index (χ1n) is 10.2. The zero-order chi connectivity index (χ0) is 22.3. The van der Waals surface area contributed by atoms with Crippen molar-refractivity contribution in [2.75, 3.05) is 17.7 Å². The van der Waals surface area contributed by atoms with E-state index < -0.39 is 16.1 Å². The molecule has 0 radical (unpaired) electrons. The quantitative estimate of drug-likeness (QED) is 0.495. The molecule has 0 atom stereocenters. The lowest BCUT2D eigenvalue weighted by Crippen LogP contribution is -2.43. The van der Waals surface area contributed by atoms with Crippen LogP contribution in [0.1, 0.15) is 31.9 Å². The van der Waals surface area contributed by atoms with Gasteiger partial charge >= 0.3 is 6.03 Å². The van der Waals surface area contributed by atoms with E-state index in [1.807, 2.05) is 41.1 Å². The number of carbonyl (C=O) groups is 1. The summed E-state index contributed by atoms with van der Waals surface area (Å²) in [6.45, 7) is 2.81. The highest BCUT2D eigenvalue weighted by Gasteiger charge is 2.18. The average molecular weight is 442 g/mol. The third-order valence-corrected chi connectivity index (χ3v) is 5.24. The normalized spacial score (nSPS) is 11.3. The van der Waals surface area contributed by atoms with Crippen molar-refractivity contribution in [2.45, 2.75) is 32.8 Å². The van der Waals surface area contributed by atoms with Gasteiger partial charge in [-0.05, 0) is 42.8 Å². The number of sulfonamides is 1. The molecule has 0 saturated carbocycles. The molecule has 0 unspecified atom stereocenters. The number of pyridine rings is 1. The van der Waals surface area contributed by atoms with Gasteiger partial charge in [0.1, 0.15) is 12.4 Å². The molecule has 0 fully saturated rings. The smallest absolute Gasteiger partial charge is 0.335 e. The summed E-state index contributed by atoms with van der Waals surface area (Å²) in [5, 5.41) is 1.08. The highest BCUT2D eigenvalue weighted by atomic mass is 32.2. The number of ether oxygens (including phenoxy) is 1. The number of anilines is 1. The minimum Gasteiger partial charge on any atom is -0.487 e.